The van der Waals surface area contributed by atoms with Crippen molar-refractivity contribution in [3.05, 3.63) is 296 Å². The Balaban J connectivity index is 0. The average molecular weight is 1290 g/mol. The van der Waals surface area contributed by atoms with Crippen LogP contribution in [-0.4, -0.2) is 54.8 Å². The van der Waals surface area contributed by atoms with Gasteiger partial charge in [-0.15, -0.1) is 0 Å². The minimum atomic E-state index is 0.759. The molecule has 14 rings (SSSR count). The van der Waals surface area contributed by atoms with Gasteiger partial charge in [0.1, 0.15) is 24.8 Å². The zero-order chi connectivity index (χ0) is 72.3. The summed E-state index contributed by atoms with van der Waals surface area (Å²) in [5.74, 6) is 0.759. The fraction of sp³-hybridized carbons (Fsp3) is 0.282. The van der Waals surface area contributed by atoms with E-state index in [-0.39, 0.29) is 0 Å². The first-order valence-electron chi connectivity index (χ1n) is 34.1. The molecule has 14 aromatic rings. The van der Waals surface area contributed by atoms with Crippen LogP contribution in [-0.2, 0) is 0 Å². The number of nitrogens with zero attached hydrogens (tertiary/aromatic N) is 11. The molecule has 0 bridgehead atoms. The summed E-state index contributed by atoms with van der Waals surface area (Å²) in [6.07, 6.45) is 24.7. The lowest BCUT2D eigenvalue weighted by Crippen LogP contribution is -1.84. The maximum absolute atomic E-state index is 4.28. The number of rotatable bonds is 0. The average Bonchev–Trinajstić information content (AvgIpc) is 1.03. The highest BCUT2D eigenvalue weighted by Gasteiger charge is 1.98. The van der Waals surface area contributed by atoms with E-state index in [2.05, 4.69) is 193 Å². The second-order valence-electron chi connectivity index (χ2n) is 18.6. The third-order valence-corrected chi connectivity index (χ3v) is 12.5. The molecule has 0 spiro atoms. The van der Waals surface area contributed by atoms with E-state index in [9.17, 15) is 0 Å². The van der Waals surface area contributed by atoms with E-state index >= 15 is 0 Å². The zero-order valence-electron chi connectivity index (χ0n) is 62.6. The zero-order valence-corrected chi connectivity index (χ0v) is 62.6. The summed E-state index contributed by atoms with van der Waals surface area (Å²) >= 11 is 0. The van der Waals surface area contributed by atoms with Crippen LogP contribution < -0.4 is 0 Å². The predicted octanol–water partition coefficient (Wildman–Crippen LogP) is 24.4. The van der Waals surface area contributed by atoms with Gasteiger partial charge in [-0.25, -0.2) is 24.9 Å². The molecule has 0 radical (unpaired) electrons. The Hall–Kier alpha value is -10.1. The Morgan fingerprint density at radius 2 is 0.615 bits per heavy atom. The van der Waals surface area contributed by atoms with Crippen LogP contribution in [0.2, 0.25) is 0 Å². The van der Waals surface area contributed by atoms with E-state index in [1.165, 1.54) is 101 Å². The number of benzene rings is 6. The van der Waals surface area contributed by atoms with E-state index in [1.807, 2.05) is 247 Å². The number of hydrogen-bond donors (Lipinski definition) is 0. The molecule has 0 saturated carbocycles. The van der Waals surface area contributed by atoms with Gasteiger partial charge in [0.2, 0.25) is 0 Å². The van der Waals surface area contributed by atoms with Gasteiger partial charge in [-0.1, -0.05) is 232 Å². The van der Waals surface area contributed by atoms with Gasteiger partial charge in [0.15, 0.2) is 0 Å². The van der Waals surface area contributed by atoms with Gasteiger partial charge >= 0.3 is 0 Å². The first kappa shape index (κ1) is 87.9. The predicted molar refractivity (Wildman–Crippen MR) is 421 cm³/mol. The number of pyridine rings is 6. The van der Waals surface area contributed by atoms with Crippen molar-refractivity contribution in [3.8, 4) is 0 Å². The molecule has 8 aromatic heterocycles. The molecule has 11 heteroatoms. The van der Waals surface area contributed by atoms with Crippen molar-refractivity contribution in [2.45, 2.75) is 166 Å². The monoisotopic (exact) mass is 1290 g/mol. The Bertz CT molecular complexity index is 3470. The van der Waals surface area contributed by atoms with Crippen LogP contribution in [0, 0.1) is 55.4 Å². The van der Waals surface area contributed by atoms with E-state index in [4.69, 9.17) is 0 Å². The van der Waals surface area contributed by atoms with Crippen LogP contribution in [0.5, 0.6) is 0 Å². The summed E-state index contributed by atoms with van der Waals surface area (Å²) in [6, 6.07) is 55.6. The molecule has 508 valence electrons. The number of hydrogen-bond acceptors (Lipinski definition) is 11. The number of para-hydroxylation sites is 2. The van der Waals surface area contributed by atoms with Crippen LogP contribution in [0.15, 0.2) is 251 Å². The molecule has 0 atom stereocenters. The van der Waals surface area contributed by atoms with Crippen LogP contribution in [0.25, 0.3) is 65.0 Å². The van der Waals surface area contributed by atoms with Gasteiger partial charge in [0.25, 0.3) is 0 Å². The molecule has 0 unspecified atom stereocenters. The standard InChI is InChI=1S/6C10H9N.C5H6N2.C4H5N3.8C2H6/c1-8-4-2-6-10-9(8)5-3-7-11-10;1-8-4-2-5-9-6-3-7-11-10(8)9;1-8-3-2-4-9-7-11-6-5-10(8)9;1-8-3-2-4-9-5-6-11-7-10(8)9;1-8-6-11-7-9-4-2-3-5-10(8)9;1-8-6-7-11-10-5-3-2-4-9(8)10;1-5-2-6-4-7-3-5;1-4-6-2-5-3-7-4;8*1-2/h6*2-7H,1H3;2-4H,1H3;2-3H,1H3;8*1-2H3. The van der Waals surface area contributed by atoms with E-state index in [0.29, 0.717) is 0 Å². The summed E-state index contributed by atoms with van der Waals surface area (Å²) in [5, 5.41) is 11.2. The Morgan fingerprint density at radius 3 is 1.16 bits per heavy atom. The summed E-state index contributed by atoms with van der Waals surface area (Å²) in [6.45, 7) is 48.4. The summed E-state index contributed by atoms with van der Waals surface area (Å²) in [7, 11) is 0. The van der Waals surface area contributed by atoms with Crippen molar-refractivity contribution in [2.24, 2.45) is 0 Å². The highest BCUT2D eigenvalue weighted by molar-refractivity contribution is 5.86. The minimum absolute atomic E-state index is 0.759. The lowest BCUT2D eigenvalue weighted by atomic mass is 10.1. The molecule has 0 amide bonds. The maximum Gasteiger partial charge on any atom is 0.128 e. The van der Waals surface area contributed by atoms with Crippen LogP contribution in [0.3, 0.4) is 0 Å². The fourth-order valence-electron chi connectivity index (χ4n) is 8.24. The molecule has 0 aliphatic carbocycles. The molecule has 0 fully saturated rings. The number of aryl methyl sites for hydroxylation is 8. The molecular weight excluding hydrogens is 1180 g/mol. The summed E-state index contributed by atoms with van der Waals surface area (Å²) in [4.78, 5) is 43.7. The quantitative estimate of drug-likeness (QED) is 0.143. The molecule has 0 aliphatic heterocycles. The van der Waals surface area contributed by atoms with Gasteiger partial charge in [0, 0.05) is 100 Å². The molecule has 96 heavy (non-hydrogen) atoms. The van der Waals surface area contributed by atoms with Crippen molar-refractivity contribution in [3.63, 3.8) is 0 Å². The van der Waals surface area contributed by atoms with Crippen LogP contribution >= 0.6 is 0 Å². The highest BCUT2D eigenvalue weighted by atomic mass is 15.0. The van der Waals surface area contributed by atoms with Gasteiger partial charge in [-0.2, -0.15) is 0 Å². The smallest absolute Gasteiger partial charge is 0.128 e. The van der Waals surface area contributed by atoms with E-state index in [0.717, 1.165) is 27.9 Å². The Kier molecular flexibility index (Phi) is 52.7. The normalized spacial score (nSPS) is 8.83. The maximum atomic E-state index is 4.28. The highest BCUT2D eigenvalue weighted by Crippen LogP contribution is 2.19. The molecule has 11 nitrogen and oxygen atoms in total. The first-order valence-corrected chi connectivity index (χ1v) is 34.1. The van der Waals surface area contributed by atoms with Crippen molar-refractivity contribution >= 4 is 65.0 Å². The Labute approximate surface area is 578 Å². The SMILES string of the molecule is CC.CC.CC.CC.CC.CC.CC.CC.Cc1cccc2cccnc12.Cc1cccc2ccncc12.Cc1cccc2cnccc12.Cc1cccc2ncccc12.Cc1ccnc2ccccc12.Cc1cncc2ccccc12.Cc1cncnc1.Cc1ncncn1. The molecular formula is C85H113N11. The first-order chi connectivity index (χ1) is 47.0. The van der Waals surface area contributed by atoms with Crippen LogP contribution in [0.1, 0.15) is 156 Å². The van der Waals surface area contributed by atoms with Gasteiger partial charge in [-0.05, 0) is 153 Å². The molecule has 8 heterocycles. The van der Waals surface area contributed by atoms with Crippen molar-refractivity contribution in [2.75, 3.05) is 0 Å². The van der Waals surface area contributed by atoms with Crippen molar-refractivity contribution in [1.82, 2.24) is 54.8 Å². The second-order valence-corrected chi connectivity index (χ2v) is 18.6. The lowest BCUT2D eigenvalue weighted by Gasteiger charge is -1.98. The van der Waals surface area contributed by atoms with E-state index < -0.39 is 0 Å². The van der Waals surface area contributed by atoms with Crippen molar-refractivity contribution in [1.29, 1.82) is 0 Å². The molecule has 6 aromatic carbocycles. The summed E-state index contributed by atoms with van der Waals surface area (Å²) < 4.78 is 0. The van der Waals surface area contributed by atoms with Gasteiger partial charge < -0.3 is 0 Å². The lowest BCUT2D eigenvalue weighted by molar-refractivity contribution is 0.974. The molecule has 0 saturated heterocycles. The molecule has 0 aliphatic rings. The third-order valence-electron chi connectivity index (χ3n) is 12.5. The molecule has 0 N–H and O–H groups in total. The Morgan fingerprint density at radius 1 is 0.208 bits per heavy atom. The van der Waals surface area contributed by atoms with Crippen molar-refractivity contribution < 1.29 is 0 Å². The minimum Gasteiger partial charge on any atom is -0.264 e. The van der Waals surface area contributed by atoms with E-state index in [1.54, 1.807) is 12.4 Å². The van der Waals surface area contributed by atoms with Gasteiger partial charge in [-0.3, -0.25) is 29.9 Å². The second kappa shape index (κ2) is 57.5. The number of aromatic nitrogens is 11. The van der Waals surface area contributed by atoms with Gasteiger partial charge in [0.05, 0.1) is 16.6 Å². The largest absolute Gasteiger partial charge is 0.264 e. The fourth-order valence-corrected chi connectivity index (χ4v) is 8.24. The third kappa shape index (κ3) is 33.1. The summed E-state index contributed by atoms with van der Waals surface area (Å²) in [5.41, 5.74) is 12.0. The van der Waals surface area contributed by atoms with Crippen LogP contribution in [0.4, 0.5) is 0 Å². The topological polar surface area (TPSA) is 142 Å². The number of fused-ring (bicyclic) bond motifs is 6.